The molecule has 142 valence electrons. The molecule has 4 aromatic rings. The predicted molar refractivity (Wildman–Crippen MR) is 111 cm³/mol. The lowest BCUT2D eigenvalue weighted by molar-refractivity contribution is -0.646. The number of phenols is 1. The summed E-state index contributed by atoms with van der Waals surface area (Å²) in [6.07, 6.45) is 4.20. The first kappa shape index (κ1) is 20.1. The minimum Gasteiger partial charge on any atom is -1.00 e. The number of rotatable bonds is 4. The number of ether oxygens (including phenoxy) is 1. The van der Waals surface area contributed by atoms with Gasteiger partial charge in [0, 0.05) is 23.6 Å². The van der Waals surface area contributed by atoms with E-state index in [2.05, 4.69) is 48.0 Å². The van der Waals surface area contributed by atoms with E-state index >= 15 is 0 Å². The van der Waals surface area contributed by atoms with Gasteiger partial charge in [0.25, 0.3) is 0 Å². The Hall–Kier alpha value is -2.60. The van der Waals surface area contributed by atoms with Crippen LogP contribution in [-0.4, -0.2) is 11.7 Å². The summed E-state index contributed by atoms with van der Waals surface area (Å²) < 4.78 is 7.77. The summed E-state index contributed by atoms with van der Waals surface area (Å²) in [7, 11) is 2.07. The SMILES string of the molecule is CCOc1ccc2c(ccc(/C=C\c3ccc(O)c4ccccc34)[n+]2C)c1.[I-]. The zero-order valence-corrected chi connectivity index (χ0v) is 18.1. The molecule has 3 nitrogen and oxygen atoms in total. The highest BCUT2D eigenvalue weighted by molar-refractivity contribution is 5.96. The smallest absolute Gasteiger partial charge is 0.212 e. The van der Waals surface area contributed by atoms with Gasteiger partial charge in [-0.15, -0.1) is 0 Å². The molecule has 1 aromatic heterocycles. The third-order valence-electron chi connectivity index (χ3n) is 4.86. The minimum atomic E-state index is 0. The van der Waals surface area contributed by atoms with Crippen LogP contribution >= 0.6 is 0 Å². The van der Waals surface area contributed by atoms with Crippen molar-refractivity contribution in [2.24, 2.45) is 7.05 Å². The predicted octanol–water partition coefficient (Wildman–Crippen LogP) is 2.10. The van der Waals surface area contributed by atoms with Crippen molar-refractivity contribution in [3.63, 3.8) is 0 Å². The molecule has 0 aliphatic heterocycles. The van der Waals surface area contributed by atoms with E-state index in [1.54, 1.807) is 6.07 Å². The Balaban J connectivity index is 0.00000225. The molecule has 0 aliphatic carbocycles. The average Bonchev–Trinajstić information content (AvgIpc) is 2.69. The average molecular weight is 483 g/mol. The number of benzene rings is 3. The fourth-order valence-corrected chi connectivity index (χ4v) is 3.45. The summed E-state index contributed by atoms with van der Waals surface area (Å²) in [6.45, 7) is 2.66. The molecule has 0 unspecified atom stereocenters. The Labute approximate surface area is 181 Å². The Kier molecular flexibility index (Phi) is 6.19. The maximum absolute atomic E-state index is 10.1. The Morgan fingerprint density at radius 1 is 0.929 bits per heavy atom. The number of phenolic OH excluding ortho intramolecular Hbond substituents is 1. The van der Waals surface area contributed by atoms with Gasteiger partial charge in [0.2, 0.25) is 11.2 Å². The lowest BCUT2D eigenvalue weighted by atomic mass is 10.0. The molecule has 0 bridgehead atoms. The van der Waals surface area contributed by atoms with Gasteiger partial charge in [0.05, 0.1) is 12.0 Å². The minimum absolute atomic E-state index is 0. The molecular formula is C24H22INO2. The molecule has 28 heavy (non-hydrogen) atoms. The van der Waals surface area contributed by atoms with Crippen molar-refractivity contribution in [3.05, 3.63) is 78.0 Å². The number of aromatic nitrogens is 1. The molecule has 0 radical (unpaired) electrons. The van der Waals surface area contributed by atoms with Crippen molar-refractivity contribution in [3.8, 4) is 11.5 Å². The highest BCUT2D eigenvalue weighted by Crippen LogP contribution is 2.28. The molecular weight excluding hydrogens is 461 g/mol. The highest BCUT2D eigenvalue weighted by atomic mass is 127. The van der Waals surface area contributed by atoms with Crippen LogP contribution < -0.4 is 33.3 Å². The summed E-state index contributed by atoms with van der Waals surface area (Å²) in [5.74, 6) is 1.20. The number of fused-ring (bicyclic) bond motifs is 2. The first-order valence-electron chi connectivity index (χ1n) is 9.12. The van der Waals surface area contributed by atoms with Crippen molar-refractivity contribution in [1.29, 1.82) is 0 Å². The maximum atomic E-state index is 10.1. The van der Waals surface area contributed by atoms with Gasteiger partial charge in [-0.3, -0.25) is 0 Å². The number of halogens is 1. The highest BCUT2D eigenvalue weighted by Gasteiger charge is 2.11. The van der Waals surface area contributed by atoms with Crippen LogP contribution in [-0.2, 0) is 7.05 Å². The van der Waals surface area contributed by atoms with E-state index in [-0.39, 0.29) is 24.0 Å². The molecule has 0 spiro atoms. The summed E-state index contributed by atoms with van der Waals surface area (Å²) in [4.78, 5) is 0. The summed E-state index contributed by atoms with van der Waals surface area (Å²) in [6, 6.07) is 22.0. The van der Waals surface area contributed by atoms with Crippen molar-refractivity contribution in [1.82, 2.24) is 0 Å². The van der Waals surface area contributed by atoms with Crippen molar-refractivity contribution in [2.45, 2.75) is 6.92 Å². The number of nitrogens with zero attached hydrogens (tertiary/aromatic N) is 1. The van der Waals surface area contributed by atoms with Gasteiger partial charge in [-0.1, -0.05) is 30.3 Å². The lowest BCUT2D eigenvalue weighted by Gasteiger charge is -2.06. The number of hydrogen-bond donors (Lipinski definition) is 1. The van der Waals surface area contributed by atoms with E-state index in [4.69, 9.17) is 4.74 Å². The van der Waals surface area contributed by atoms with Crippen LogP contribution in [0.3, 0.4) is 0 Å². The molecule has 0 fully saturated rings. The molecule has 0 saturated heterocycles. The van der Waals surface area contributed by atoms with Crippen LogP contribution in [0.5, 0.6) is 11.5 Å². The zero-order valence-electron chi connectivity index (χ0n) is 15.9. The molecule has 3 aromatic carbocycles. The third-order valence-corrected chi connectivity index (χ3v) is 4.86. The van der Waals surface area contributed by atoms with Gasteiger partial charge in [0.15, 0.2) is 0 Å². The third kappa shape index (κ3) is 3.83. The number of hydrogen-bond acceptors (Lipinski definition) is 2. The second-order valence-corrected chi connectivity index (χ2v) is 6.52. The number of pyridine rings is 1. The molecule has 0 saturated carbocycles. The van der Waals surface area contributed by atoms with Crippen LogP contribution in [0.4, 0.5) is 0 Å². The quantitative estimate of drug-likeness (QED) is 0.357. The van der Waals surface area contributed by atoms with Crippen molar-refractivity contribution < 1.29 is 38.4 Å². The van der Waals surface area contributed by atoms with Crippen molar-refractivity contribution >= 4 is 33.8 Å². The fraction of sp³-hybridized carbons (Fsp3) is 0.125. The molecule has 0 aliphatic rings. The largest absolute Gasteiger partial charge is 1.00 e. The zero-order chi connectivity index (χ0) is 18.8. The van der Waals surface area contributed by atoms with E-state index in [0.717, 1.165) is 38.7 Å². The van der Waals surface area contributed by atoms with Crippen molar-refractivity contribution in [2.75, 3.05) is 6.61 Å². The standard InChI is InChI=1S/C24H21NO2.HI/c1-3-27-20-13-14-23-18(16-20)9-12-19(25(23)2)11-8-17-10-15-24(26)22-7-5-4-6-21(17)22;/h4-16H,3H2,1-2H3;1H. The molecule has 1 heterocycles. The van der Waals surface area contributed by atoms with E-state index in [1.165, 1.54) is 0 Å². The first-order chi connectivity index (χ1) is 13.2. The lowest BCUT2D eigenvalue weighted by Crippen LogP contribution is -3.00. The Morgan fingerprint density at radius 2 is 1.71 bits per heavy atom. The molecule has 4 rings (SSSR count). The maximum Gasteiger partial charge on any atom is 0.212 e. The van der Waals surface area contributed by atoms with Crippen LogP contribution in [0.1, 0.15) is 18.2 Å². The second-order valence-electron chi connectivity index (χ2n) is 6.52. The second kappa shape index (κ2) is 8.61. The van der Waals surface area contributed by atoms with Gasteiger partial charge < -0.3 is 33.8 Å². The summed E-state index contributed by atoms with van der Waals surface area (Å²) in [5, 5.41) is 13.1. The Morgan fingerprint density at radius 3 is 2.50 bits per heavy atom. The van der Waals surface area contributed by atoms with E-state index < -0.39 is 0 Å². The van der Waals surface area contributed by atoms with Crippen LogP contribution in [0.2, 0.25) is 0 Å². The van der Waals surface area contributed by atoms with Gasteiger partial charge in [-0.2, -0.15) is 4.57 Å². The normalized spacial score (nSPS) is 11.1. The Bertz CT molecular complexity index is 1170. The summed E-state index contributed by atoms with van der Waals surface area (Å²) in [5.41, 5.74) is 3.33. The van der Waals surface area contributed by atoms with Gasteiger partial charge in [-0.25, -0.2) is 0 Å². The van der Waals surface area contributed by atoms with Crippen LogP contribution in [0, 0.1) is 0 Å². The van der Waals surface area contributed by atoms with E-state index in [0.29, 0.717) is 12.4 Å². The van der Waals surface area contributed by atoms with Gasteiger partial charge in [-0.05, 0) is 48.2 Å². The van der Waals surface area contributed by atoms with Crippen LogP contribution in [0.25, 0.3) is 33.8 Å². The molecule has 0 atom stereocenters. The van der Waals surface area contributed by atoms with E-state index in [9.17, 15) is 5.11 Å². The number of aryl methyl sites for hydroxylation is 1. The number of aromatic hydroxyl groups is 1. The van der Waals surface area contributed by atoms with E-state index in [1.807, 2.05) is 43.3 Å². The van der Waals surface area contributed by atoms with Gasteiger partial charge >= 0.3 is 0 Å². The molecule has 1 N–H and O–H groups in total. The molecule has 0 amide bonds. The first-order valence-corrected chi connectivity index (χ1v) is 9.12. The topological polar surface area (TPSA) is 33.3 Å². The van der Waals surface area contributed by atoms with Crippen LogP contribution in [0.15, 0.2) is 66.7 Å². The van der Waals surface area contributed by atoms with Gasteiger partial charge in [0.1, 0.15) is 18.5 Å². The fourth-order valence-electron chi connectivity index (χ4n) is 3.45. The molecule has 4 heteroatoms. The monoisotopic (exact) mass is 483 g/mol. The summed E-state index contributed by atoms with van der Waals surface area (Å²) >= 11 is 0.